The Balaban J connectivity index is 2.62. The first kappa shape index (κ1) is 11.5. The predicted molar refractivity (Wildman–Crippen MR) is 66.3 cm³/mol. The summed E-state index contributed by atoms with van der Waals surface area (Å²) in [6.45, 7) is 0. The smallest absolute Gasteiger partial charge is 0.337 e. The maximum Gasteiger partial charge on any atom is 0.337 e. The number of ether oxygens (including phenoxy) is 1. The molecule has 1 aromatic carbocycles. The summed E-state index contributed by atoms with van der Waals surface area (Å²) in [5.74, 6) is -0.386. The van der Waals surface area contributed by atoms with Crippen LogP contribution in [0.15, 0.2) is 27.4 Å². The van der Waals surface area contributed by atoms with Gasteiger partial charge in [0.05, 0.1) is 23.7 Å². The monoisotopic (exact) mass is 344 g/mol. The zero-order valence-electron chi connectivity index (χ0n) is 8.20. The lowest BCUT2D eigenvalue weighted by Gasteiger charge is -2.02. The van der Waals surface area contributed by atoms with Crippen molar-refractivity contribution in [2.45, 2.75) is 0 Å². The van der Waals surface area contributed by atoms with Crippen molar-refractivity contribution in [1.82, 2.24) is 9.97 Å². The van der Waals surface area contributed by atoms with Gasteiger partial charge in [0.25, 0.3) is 0 Å². The fourth-order valence-electron chi connectivity index (χ4n) is 1.26. The molecule has 0 unspecified atom stereocenters. The highest BCUT2D eigenvalue weighted by molar-refractivity contribution is 9.13. The van der Waals surface area contributed by atoms with Crippen LogP contribution in [0.1, 0.15) is 10.4 Å². The van der Waals surface area contributed by atoms with Crippen molar-refractivity contribution in [2.75, 3.05) is 7.11 Å². The van der Waals surface area contributed by atoms with Gasteiger partial charge >= 0.3 is 5.97 Å². The molecule has 6 heteroatoms. The fraction of sp³-hybridized carbons (Fsp3) is 0.100. The van der Waals surface area contributed by atoms with E-state index in [1.807, 2.05) is 0 Å². The molecule has 0 aliphatic carbocycles. The average Bonchev–Trinajstić information content (AvgIpc) is 2.29. The standard InChI is InChI=1S/C10H6Br2N2O2/c1-16-10(15)5-2-3-6-7(4-5)14-9(12)8(11)13-6/h2-4H,1H3. The molecule has 0 amide bonds. The second-order valence-corrected chi connectivity index (χ2v) is 4.50. The van der Waals surface area contributed by atoms with Crippen molar-refractivity contribution < 1.29 is 9.53 Å². The van der Waals surface area contributed by atoms with Crippen LogP contribution >= 0.6 is 31.9 Å². The summed E-state index contributed by atoms with van der Waals surface area (Å²) in [4.78, 5) is 19.8. The fourth-order valence-corrected chi connectivity index (χ4v) is 1.82. The summed E-state index contributed by atoms with van der Waals surface area (Å²) >= 11 is 6.52. The Morgan fingerprint density at radius 3 is 2.44 bits per heavy atom. The molecule has 16 heavy (non-hydrogen) atoms. The molecule has 0 saturated heterocycles. The zero-order chi connectivity index (χ0) is 11.7. The van der Waals surface area contributed by atoms with E-state index < -0.39 is 0 Å². The Kier molecular flexibility index (Phi) is 3.20. The first-order valence-electron chi connectivity index (χ1n) is 4.33. The highest BCUT2D eigenvalue weighted by Crippen LogP contribution is 2.22. The number of methoxy groups -OCH3 is 1. The van der Waals surface area contributed by atoms with Crippen molar-refractivity contribution in [1.29, 1.82) is 0 Å². The number of benzene rings is 1. The summed E-state index contributed by atoms with van der Waals surface area (Å²) < 4.78 is 5.86. The average molecular weight is 346 g/mol. The summed E-state index contributed by atoms with van der Waals surface area (Å²) in [5, 5.41) is 0. The van der Waals surface area contributed by atoms with E-state index in [-0.39, 0.29) is 5.97 Å². The maximum absolute atomic E-state index is 11.3. The molecule has 2 aromatic rings. The number of carbonyl (C=O) groups excluding carboxylic acids is 1. The van der Waals surface area contributed by atoms with E-state index in [1.54, 1.807) is 18.2 Å². The summed E-state index contributed by atoms with van der Waals surface area (Å²) in [6, 6.07) is 5.03. The van der Waals surface area contributed by atoms with Gasteiger partial charge in [-0.05, 0) is 50.1 Å². The van der Waals surface area contributed by atoms with Crippen LogP contribution in [0.4, 0.5) is 0 Å². The summed E-state index contributed by atoms with van der Waals surface area (Å²) in [6.07, 6.45) is 0. The third kappa shape index (κ3) is 2.08. The van der Waals surface area contributed by atoms with Crippen LogP contribution in [0.3, 0.4) is 0 Å². The van der Waals surface area contributed by atoms with Gasteiger partial charge < -0.3 is 4.74 Å². The quantitative estimate of drug-likeness (QED) is 0.746. The molecule has 0 N–H and O–H groups in total. The Bertz CT molecular complexity index is 572. The molecule has 1 heterocycles. The molecule has 2 rings (SSSR count). The number of carbonyl (C=O) groups is 1. The molecule has 0 radical (unpaired) electrons. The van der Waals surface area contributed by atoms with Gasteiger partial charge in [-0.15, -0.1) is 0 Å². The van der Waals surface area contributed by atoms with Crippen LogP contribution in [0.5, 0.6) is 0 Å². The first-order chi connectivity index (χ1) is 7.61. The van der Waals surface area contributed by atoms with Crippen molar-refractivity contribution >= 4 is 48.9 Å². The highest BCUT2D eigenvalue weighted by Gasteiger charge is 2.09. The van der Waals surface area contributed by atoms with E-state index in [4.69, 9.17) is 0 Å². The largest absolute Gasteiger partial charge is 0.465 e. The van der Waals surface area contributed by atoms with Gasteiger partial charge in [0.15, 0.2) is 0 Å². The summed E-state index contributed by atoms with van der Waals surface area (Å²) in [7, 11) is 1.34. The maximum atomic E-state index is 11.3. The molecule has 4 nitrogen and oxygen atoms in total. The minimum absolute atomic E-state index is 0.386. The first-order valence-corrected chi connectivity index (χ1v) is 5.91. The number of aromatic nitrogens is 2. The van der Waals surface area contributed by atoms with Crippen LogP contribution in [0.25, 0.3) is 11.0 Å². The molecule has 0 spiro atoms. The molecule has 0 aliphatic heterocycles. The number of halogens is 2. The number of fused-ring (bicyclic) bond motifs is 1. The van der Waals surface area contributed by atoms with Crippen molar-refractivity contribution in [2.24, 2.45) is 0 Å². The van der Waals surface area contributed by atoms with Crippen molar-refractivity contribution in [3.63, 3.8) is 0 Å². The van der Waals surface area contributed by atoms with Gasteiger partial charge in [0.2, 0.25) is 0 Å². The Hall–Kier alpha value is -1.01. The SMILES string of the molecule is COC(=O)c1ccc2nc(Br)c(Br)nc2c1. The number of esters is 1. The Labute approximate surface area is 108 Å². The molecule has 1 aromatic heterocycles. The molecule has 0 bridgehead atoms. The molecule has 0 aliphatic rings. The van der Waals surface area contributed by atoms with Gasteiger partial charge in [-0.3, -0.25) is 0 Å². The van der Waals surface area contributed by atoms with Crippen molar-refractivity contribution in [3.8, 4) is 0 Å². The van der Waals surface area contributed by atoms with Gasteiger partial charge in [-0.1, -0.05) is 0 Å². The van der Waals surface area contributed by atoms with Gasteiger partial charge in [0, 0.05) is 0 Å². The van der Waals surface area contributed by atoms with Crippen molar-refractivity contribution in [3.05, 3.63) is 33.0 Å². The van der Waals surface area contributed by atoms with Crippen LogP contribution < -0.4 is 0 Å². The number of nitrogens with zero attached hydrogens (tertiary/aromatic N) is 2. The Morgan fingerprint density at radius 2 is 1.81 bits per heavy atom. The normalized spacial score (nSPS) is 10.4. The second-order valence-electron chi connectivity index (χ2n) is 3.00. The number of rotatable bonds is 1. The minimum Gasteiger partial charge on any atom is -0.465 e. The number of hydrogen-bond donors (Lipinski definition) is 0. The predicted octanol–water partition coefficient (Wildman–Crippen LogP) is 2.94. The highest BCUT2D eigenvalue weighted by atomic mass is 79.9. The molecule has 0 saturated carbocycles. The lowest BCUT2D eigenvalue weighted by Crippen LogP contribution is -2.01. The summed E-state index contributed by atoms with van der Waals surface area (Å²) in [5.41, 5.74) is 1.80. The van der Waals surface area contributed by atoms with Gasteiger partial charge in [0.1, 0.15) is 9.21 Å². The lowest BCUT2D eigenvalue weighted by atomic mass is 10.2. The molecule has 82 valence electrons. The van der Waals surface area contributed by atoms with Crippen LogP contribution in [-0.2, 0) is 4.74 Å². The molecular weight excluding hydrogens is 340 g/mol. The lowest BCUT2D eigenvalue weighted by molar-refractivity contribution is 0.0601. The van der Waals surface area contributed by atoms with E-state index >= 15 is 0 Å². The second kappa shape index (κ2) is 4.47. The topological polar surface area (TPSA) is 52.1 Å². The molecule has 0 fully saturated rings. The molecular formula is C10H6Br2N2O2. The van der Waals surface area contributed by atoms with E-state index in [0.717, 1.165) is 0 Å². The van der Waals surface area contributed by atoms with E-state index in [0.29, 0.717) is 25.8 Å². The Morgan fingerprint density at radius 1 is 1.19 bits per heavy atom. The third-order valence-electron chi connectivity index (χ3n) is 2.00. The van der Waals surface area contributed by atoms with Gasteiger partial charge in [-0.25, -0.2) is 14.8 Å². The van der Waals surface area contributed by atoms with E-state index in [1.165, 1.54) is 7.11 Å². The number of hydrogen-bond acceptors (Lipinski definition) is 4. The van der Waals surface area contributed by atoms with Crippen LogP contribution in [0, 0.1) is 0 Å². The van der Waals surface area contributed by atoms with Gasteiger partial charge in [-0.2, -0.15) is 0 Å². The molecule has 0 atom stereocenters. The van der Waals surface area contributed by atoms with Crippen LogP contribution in [0.2, 0.25) is 0 Å². The zero-order valence-corrected chi connectivity index (χ0v) is 11.4. The third-order valence-corrected chi connectivity index (χ3v) is 3.64. The van der Waals surface area contributed by atoms with E-state index in [9.17, 15) is 4.79 Å². The minimum atomic E-state index is -0.386. The van der Waals surface area contributed by atoms with E-state index in [2.05, 4.69) is 46.6 Å². The van der Waals surface area contributed by atoms with Crippen LogP contribution in [-0.4, -0.2) is 23.0 Å².